The van der Waals surface area contributed by atoms with Gasteiger partial charge in [0.25, 0.3) is 5.91 Å². The van der Waals surface area contributed by atoms with Crippen molar-refractivity contribution in [3.63, 3.8) is 0 Å². The minimum absolute atomic E-state index is 0.129. The molecule has 3 rings (SSSR count). The number of fused-ring (bicyclic) bond motifs is 1. The Balaban J connectivity index is 1.38. The molecule has 0 saturated heterocycles. The zero-order chi connectivity index (χ0) is 21.5. The quantitative estimate of drug-likeness (QED) is 0.560. The molecule has 0 aliphatic rings. The van der Waals surface area contributed by atoms with Crippen molar-refractivity contribution in [1.29, 1.82) is 0 Å². The molecule has 0 bridgehead atoms. The van der Waals surface area contributed by atoms with Crippen LogP contribution in [0.4, 0.5) is 5.69 Å². The predicted octanol–water partition coefficient (Wildman–Crippen LogP) is 3.18. The maximum absolute atomic E-state index is 12.1. The first-order chi connectivity index (χ1) is 14.4. The van der Waals surface area contributed by atoms with Crippen LogP contribution >= 0.6 is 11.3 Å². The number of ether oxygens (including phenoxy) is 1. The SMILES string of the molecule is Cc1ccc(NC(=O)CN(C)C(=O)COC(=O)CCc2nc3ccccc3s2)cc1. The van der Waals surface area contributed by atoms with Crippen molar-refractivity contribution in [3.05, 3.63) is 59.1 Å². The van der Waals surface area contributed by atoms with Gasteiger partial charge in [-0.1, -0.05) is 29.8 Å². The summed E-state index contributed by atoms with van der Waals surface area (Å²) in [6, 6.07) is 15.1. The first-order valence-corrected chi connectivity index (χ1v) is 10.3. The van der Waals surface area contributed by atoms with E-state index in [1.54, 1.807) is 12.1 Å². The largest absolute Gasteiger partial charge is 0.456 e. The van der Waals surface area contributed by atoms with Gasteiger partial charge in [-0.3, -0.25) is 14.4 Å². The van der Waals surface area contributed by atoms with Crippen molar-refractivity contribution < 1.29 is 19.1 Å². The minimum Gasteiger partial charge on any atom is -0.456 e. The summed E-state index contributed by atoms with van der Waals surface area (Å²) in [7, 11) is 1.49. The van der Waals surface area contributed by atoms with Gasteiger partial charge in [0.05, 0.1) is 28.2 Å². The van der Waals surface area contributed by atoms with Crippen molar-refractivity contribution in [3.8, 4) is 0 Å². The molecular formula is C22H23N3O4S. The van der Waals surface area contributed by atoms with E-state index in [0.29, 0.717) is 12.1 Å². The van der Waals surface area contributed by atoms with Gasteiger partial charge < -0.3 is 15.0 Å². The lowest BCUT2D eigenvalue weighted by Crippen LogP contribution is -2.37. The molecule has 0 radical (unpaired) electrons. The molecule has 2 aromatic carbocycles. The number of aryl methyl sites for hydroxylation is 2. The third kappa shape index (κ3) is 6.12. The highest BCUT2D eigenvalue weighted by Crippen LogP contribution is 2.22. The van der Waals surface area contributed by atoms with Crippen LogP contribution < -0.4 is 5.32 Å². The first-order valence-electron chi connectivity index (χ1n) is 9.51. The van der Waals surface area contributed by atoms with Crippen LogP contribution in [-0.2, 0) is 25.5 Å². The fourth-order valence-electron chi connectivity index (χ4n) is 2.70. The number of esters is 1. The second kappa shape index (κ2) is 9.98. The molecule has 0 unspecified atom stereocenters. The highest BCUT2D eigenvalue weighted by molar-refractivity contribution is 7.18. The summed E-state index contributed by atoms with van der Waals surface area (Å²) >= 11 is 1.54. The lowest BCUT2D eigenvalue weighted by Gasteiger charge is -2.16. The number of para-hydroxylation sites is 1. The summed E-state index contributed by atoms with van der Waals surface area (Å²) in [6.45, 7) is 1.43. The van der Waals surface area contributed by atoms with E-state index < -0.39 is 18.5 Å². The third-order valence-electron chi connectivity index (χ3n) is 4.38. The van der Waals surface area contributed by atoms with Gasteiger partial charge in [0.2, 0.25) is 5.91 Å². The Kier molecular flexibility index (Phi) is 7.13. The number of likely N-dealkylation sites (N-methyl/N-ethyl adjacent to an activating group) is 1. The summed E-state index contributed by atoms with van der Waals surface area (Å²) in [5.41, 5.74) is 2.66. The van der Waals surface area contributed by atoms with E-state index in [-0.39, 0.29) is 18.9 Å². The van der Waals surface area contributed by atoms with Crippen LogP contribution in [0, 0.1) is 6.92 Å². The first kappa shape index (κ1) is 21.4. The molecule has 156 valence electrons. The topological polar surface area (TPSA) is 88.6 Å². The molecule has 0 saturated carbocycles. The van der Waals surface area contributed by atoms with Crippen LogP contribution in [0.15, 0.2) is 48.5 Å². The number of amides is 2. The van der Waals surface area contributed by atoms with Gasteiger partial charge in [0.1, 0.15) is 0 Å². The number of thiazole rings is 1. The van der Waals surface area contributed by atoms with Crippen LogP contribution in [0.3, 0.4) is 0 Å². The highest BCUT2D eigenvalue weighted by atomic mass is 32.1. The van der Waals surface area contributed by atoms with Gasteiger partial charge in [0, 0.05) is 19.2 Å². The summed E-state index contributed by atoms with van der Waals surface area (Å²) in [5.74, 6) is -1.24. The van der Waals surface area contributed by atoms with Crippen molar-refractivity contribution in [2.45, 2.75) is 19.8 Å². The number of hydrogen-bond acceptors (Lipinski definition) is 6. The van der Waals surface area contributed by atoms with Gasteiger partial charge in [0.15, 0.2) is 6.61 Å². The maximum Gasteiger partial charge on any atom is 0.306 e. The zero-order valence-corrected chi connectivity index (χ0v) is 17.7. The Bertz CT molecular complexity index is 1010. The number of rotatable bonds is 8. The van der Waals surface area contributed by atoms with E-state index in [1.165, 1.54) is 23.3 Å². The smallest absolute Gasteiger partial charge is 0.306 e. The Morgan fingerprint density at radius 3 is 2.57 bits per heavy atom. The molecule has 0 aliphatic heterocycles. The number of carbonyl (C=O) groups is 3. The van der Waals surface area contributed by atoms with Crippen molar-refractivity contribution >= 4 is 45.0 Å². The molecule has 1 aromatic heterocycles. The fraction of sp³-hybridized carbons (Fsp3) is 0.273. The van der Waals surface area contributed by atoms with Crippen LogP contribution in [0.5, 0.6) is 0 Å². The number of nitrogens with one attached hydrogen (secondary N) is 1. The van der Waals surface area contributed by atoms with Crippen molar-refractivity contribution in [2.75, 3.05) is 25.5 Å². The van der Waals surface area contributed by atoms with Gasteiger partial charge in [-0.15, -0.1) is 11.3 Å². The molecule has 0 atom stereocenters. The molecular weight excluding hydrogens is 402 g/mol. The highest BCUT2D eigenvalue weighted by Gasteiger charge is 2.16. The summed E-state index contributed by atoms with van der Waals surface area (Å²) < 4.78 is 6.12. The Morgan fingerprint density at radius 1 is 1.10 bits per heavy atom. The van der Waals surface area contributed by atoms with Crippen molar-refractivity contribution in [1.82, 2.24) is 9.88 Å². The van der Waals surface area contributed by atoms with Gasteiger partial charge in [-0.25, -0.2) is 4.98 Å². The van der Waals surface area contributed by atoms with E-state index >= 15 is 0 Å². The predicted molar refractivity (Wildman–Crippen MR) is 116 cm³/mol. The molecule has 2 amide bonds. The number of aromatic nitrogens is 1. The van der Waals surface area contributed by atoms with Crippen LogP contribution in [-0.4, -0.2) is 47.9 Å². The normalized spacial score (nSPS) is 10.6. The lowest BCUT2D eigenvalue weighted by atomic mass is 10.2. The second-order valence-electron chi connectivity index (χ2n) is 6.90. The van der Waals surface area contributed by atoms with Crippen molar-refractivity contribution in [2.24, 2.45) is 0 Å². The Morgan fingerprint density at radius 2 is 1.83 bits per heavy atom. The number of anilines is 1. The fourth-order valence-corrected chi connectivity index (χ4v) is 3.67. The Labute approximate surface area is 178 Å². The van der Waals surface area contributed by atoms with E-state index in [1.807, 2.05) is 43.3 Å². The average Bonchev–Trinajstić information content (AvgIpc) is 3.15. The van der Waals surface area contributed by atoms with E-state index in [0.717, 1.165) is 20.8 Å². The van der Waals surface area contributed by atoms with Gasteiger partial charge >= 0.3 is 5.97 Å². The molecule has 3 aromatic rings. The summed E-state index contributed by atoms with van der Waals surface area (Å²) in [5, 5.41) is 3.57. The average molecular weight is 426 g/mol. The van der Waals surface area contributed by atoms with E-state index in [4.69, 9.17) is 4.74 Å². The number of nitrogens with zero attached hydrogens (tertiary/aromatic N) is 2. The number of carbonyl (C=O) groups excluding carboxylic acids is 3. The third-order valence-corrected chi connectivity index (χ3v) is 5.48. The maximum atomic E-state index is 12.1. The van der Waals surface area contributed by atoms with Gasteiger partial charge in [-0.05, 0) is 31.2 Å². The zero-order valence-electron chi connectivity index (χ0n) is 16.9. The van der Waals surface area contributed by atoms with Crippen LogP contribution in [0.1, 0.15) is 17.0 Å². The second-order valence-corrected chi connectivity index (χ2v) is 8.02. The molecule has 30 heavy (non-hydrogen) atoms. The van der Waals surface area contributed by atoms with Crippen LogP contribution in [0.2, 0.25) is 0 Å². The summed E-state index contributed by atoms with van der Waals surface area (Å²) in [6.07, 6.45) is 0.603. The van der Waals surface area contributed by atoms with Gasteiger partial charge in [-0.2, -0.15) is 0 Å². The number of hydrogen-bond donors (Lipinski definition) is 1. The number of benzene rings is 2. The molecule has 0 fully saturated rings. The van der Waals surface area contributed by atoms with E-state index in [2.05, 4.69) is 10.3 Å². The lowest BCUT2D eigenvalue weighted by molar-refractivity contribution is -0.151. The molecule has 1 heterocycles. The monoisotopic (exact) mass is 425 g/mol. The standard InChI is InChI=1S/C22H23N3O4S/c1-15-7-9-16(10-8-15)23-19(26)13-25(2)21(27)14-29-22(28)12-11-20-24-17-5-3-4-6-18(17)30-20/h3-10H,11-14H2,1-2H3,(H,23,26). The summed E-state index contributed by atoms with van der Waals surface area (Å²) in [4.78, 5) is 41.8. The molecule has 1 N–H and O–H groups in total. The molecule has 8 heteroatoms. The minimum atomic E-state index is -0.472. The Hall–Kier alpha value is -3.26. The molecule has 0 spiro atoms. The molecule has 0 aliphatic carbocycles. The molecule has 7 nitrogen and oxygen atoms in total. The van der Waals surface area contributed by atoms with E-state index in [9.17, 15) is 14.4 Å². The van der Waals surface area contributed by atoms with Crippen LogP contribution in [0.25, 0.3) is 10.2 Å².